The number of hydrogen-bond acceptors (Lipinski definition) is 2. The molecule has 0 saturated heterocycles. The number of carbonyl (C=O) groups excluding carboxylic acids is 1. The van der Waals surface area contributed by atoms with Gasteiger partial charge < -0.3 is 4.90 Å². The Bertz CT molecular complexity index is 239. The Morgan fingerprint density at radius 2 is 2.17 bits per heavy atom. The second-order valence-electron chi connectivity index (χ2n) is 2.45. The molecule has 0 aliphatic heterocycles. The van der Waals surface area contributed by atoms with Gasteiger partial charge in [0.25, 0.3) is 5.91 Å². The summed E-state index contributed by atoms with van der Waals surface area (Å²) in [5, 5.41) is 1.93. The second kappa shape index (κ2) is 4.26. The van der Waals surface area contributed by atoms with Gasteiger partial charge in [0.05, 0.1) is 4.88 Å². The summed E-state index contributed by atoms with van der Waals surface area (Å²) in [5.74, 6) is 0.148. The lowest BCUT2D eigenvalue weighted by Gasteiger charge is -2.17. The zero-order valence-corrected chi connectivity index (χ0v) is 8.23. The van der Waals surface area contributed by atoms with Gasteiger partial charge in [0, 0.05) is 13.1 Å². The Labute approximate surface area is 76.8 Å². The third kappa shape index (κ3) is 1.85. The van der Waals surface area contributed by atoms with Crippen LogP contribution in [0.4, 0.5) is 0 Å². The number of thiophene rings is 1. The predicted molar refractivity (Wildman–Crippen MR) is 51.6 cm³/mol. The molecule has 0 aromatic carbocycles. The predicted octanol–water partition coefficient (Wildman–Crippen LogP) is 2.23. The number of rotatable bonds is 3. The average Bonchev–Trinajstić information content (AvgIpc) is 2.58. The molecule has 0 aliphatic rings. The smallest absolute Gasteiger partial charge is 0.263 e. The minimum Gasteiger partial charge on any atom is -0.339 e. The SMILES string of the molecule is CCN(CC)C(=O)c1cccs1. The number of hydrogen-bond donors (Lipinski definition) is 0. The summed E-state index contributed by atoms with van der Waals surface area (Å²) in [5.41, 5.74) is 0. The first kappa shape index (κ1) is 9.26. The number of nitrogens with zero attached hydrogens (tertiary/aromatic N) is 1. The van der Waals surface area contributed by atoms with Crippen molar-refractivity contribution in [1.82, 2.24) is 4.90 Å². The van der Waals surface area contributed by atoms with Crippen LogP contribution in [0.25, 0.3) is 0 Å². The van der Waals surface area contributed by atoms with Gasteiger partial charge in [-0.15, -0.1) is 11.3 Å². The summed E-state index contributed by atoms with van der Waals surface area (Å²) in [6.45, 7) is 5.56. The molecule has 1 heterocycles. The van der Waals surface area contributed by atoms with Crippen molar-refractivity contribution in [3.63, 3.8) is 0 Å². The van der Waals surface area contributed by atoms with Crippen molar-refractivity contribution in [3.8, 4) is 0 Å². The van der Waals surface area contributed by atoms with Gasteiger partial charge in [-0.25, -0.2) is 0 Å². The fraction of sp³-hybridized carbons (Fsp3) is 0.444. The van der Waals surface area contributed by atoms with Crippen LogP contribution in [0, 0.1) is 0 Å². The molecule has 2 nitrogen and oxygen atoms in total. The Morgan fingerprint density at radius 3 is 2.58 bits per heavy atom. The van der Waals surface area contributed by atoms with Crippen LogP contribution in [0.15, 0.2) is 17.5 Å². The van der Waals surface area contributed by atoms with Crippen LogP contribution < -0.4 is 0 Å². The molecule has 0 bridgehead atoms. The lowest BCUT2D eigenvalue weighted by Crippen LogP contribution is -2.29. The molecule has 0 aliphatic carbocycles. The lowest BCUT2D eigenvalue weighted by atomic mass is 10.4. The van der Waals surface area contributed by atoms with E-state index in [1.807, 2.05) is 36.3 Å². The van der Waals surface area contributed by atoms with Crippen molar-refractivity contribution in [2.24, 2.45) is 0 Å². The van der Waals surface area contributed by atoms with Crippen LogP contribution >= 0.6 is 11.3 Å². The van der Waals surface area contributed by atoms with E-state index < -0.39 is 0 Å². The summed E-state index contributed by atoms with van der Waals surface area (Å²) in [7, 11) is 0. The van der Waals surface area contributed by atoms with Crippen molar-refractivity contribution in [2.45, 2.75) is 13.8 Å². The van der Waals surface area contributed by atoms with Crippen LogP contribution in [0.5, 0.6) is 0 Å². The van der Waals surface area contributed by atoms with E-state index in [1.54, 1.807) is 0 Å². The molecular formula is C9H13NOS. The maximum absolute atomic E-state index is 11.6. The first-order valence-electron chi connectivity index (χ1n) is 4.12. The highest BCUT2D eigenvalue weighted by molar-refractivity contribution is 7.12. The van der Waals surface area contributed by atoms with E-state index in [-0.39, 0.29) is 5.91 Å². The van der Waals surface area contributed by atoms with Crippen LogP contribution in [-0.2, 0) is 0 Å². The van der Waals surface area contributed by atoms with Crippen LogP contribution in [0.3, 0.4) is 0 Å². The maximum Gasteiger partial charge on any atom is 0.263 e. The second-order valence-corrected chi connectivity index (χ2v) is 3.40. The van der Waals surface area contributed by atoms with E-state index in [9.17, 15) is 4.79 Å². The zero-order valence-electron chi connectivity index (χ0n) is 7.41. The molecule has 1 amide bonds. The number of amides is 1. The fourth-order valence-electron chi connectivity index (χ4n) is 1.07. The fourth-order valence-corrected chi connectivity index (χ4v) is 1.76. The van der Waals surface area contributed by atoms with Crippen molar-refractivity contribution in [1.29, 1.82) is 0 Å². The zero-order chi connectivity index (χ0) is 8.97. The molecule has 12 heavy (non-hydrogen) atoms. The normalized spacial score (nSPS) is 9.83. The highest BCUT2D eigenvalue weighted by Gasteiger charge is 2.11. The number of carbonyl (C=O) groups is 1. The topological polar surface area (TPSA) is 20.3 Å². The highest BCUT2D eigenvalue weighted by atomic mass is 32.1. The first-order valence-corrected chi connectivity index (χ1v) is 5.00. The molecule has 1 aromatic heterocycles. The molecule has 0 radical (unpaired) electrons. The molecule has 0 atom stereocenters. The quantitative estimate of drug-likeness (QED) is 0.703. The molecule has 0 N–H and O–H groups in total. The summed E-state index contributed by atoms with van der Waals surface area (Å²) in [6, 6.07) is 3.77. The van der Waals surface area contributed by atoms with Gasteiger partial charge >= 0.3 is 0 Å². The van der Waals surface area contributed by atoms with Gasteiger partial charge in [-0.2, -0.15) is 0 Å². The standard InChI is InChI=1S/C9H13NOS/c1-3-10(4-2)9(11)8-6-5-7-12-8/h5-7H,3-4H2,1-2H3. The summed E-state index contributed by atoms with van der Waals surface area (Å²) >= 11 is 1.50. The molecule has 66 valence electrons. The van der Waals surface area contributed by atoms with Crippen molar-refractivity contribution in [2.75, 3.05) is 13.1 Å². The van der Waals surface area contributed by atoms with Crippen molar-refractivity contribution in [3.05, 3.63) is 22.4 Å². The Morgan fingerprint density at radius 1 is 1.50 bits per heavy atom. The molecule has 1 aromatic rings. The van der Waals surface area contributed by atoms with Crippen molar-refractivity contribution < 1.29 is 4.79 Å². The Kier molecular flexibility index (Phi) is 3.29. The highest BCUT2D eigenvalue weighted by Crippen LogP contribution is 2.11. The minimum absolute atomic E-state index is 0.148. The van der Waals surface area contributed by atoms with E-state index in [0.29, 0.717) is 0 Å². The summed E-state index contributed by atoms with van der Waals surface area (Å²) < 4.78 is 0. The summed E-state index contributed by atoms with van der Waals surface area (Å²) in [4.78, 5) is 14.3. The van der Waals surface area contributed by atoms with Crippen LogP contribution in [0.2, 0.25) is 0 Å². The third-order valence-electron chi connectivity index (χ3n) is 1.78. The van der Waals surface area contributed by atoms with E-state index in [4.69, 9.17) is 0 Å². The van der Waals surface area contributed by atoms with Crippen LogP contribution in [0.1, 0.15) is 23.5 Å². The van der Waals surface area contributed by atoms with Crippen molar-refractivity contribution >= 4 is 17.2 Å². The molecular weight excluding hydrogens is 170 g/mol. The monoisotopic (exact) mass is 183 g/mol. The molecule has 1 rings (SSSR count). The Hall–Kier alpha value is -0.830. The lowest BCUT2D eigenvalue weighted by molar-refractivity contribution is 0.0778. The summed E-state index contributed by atoms with van der Waals surface area (Å²) in [6.07, 6.45) is 0. The first-order chi connectivity index (χ1) is 5.79. The Balaban J connectivity index is 2.70. The van der Waals surface area contributed by atoms with Gasteiger partial charge in [0.2, 0.25) is 0 Å². The minimum atomic E-state index is 0.148. The maximum atomic E-state index is 11.6. The molecule has 3 heteroatoms. The largest absolute Gasteiger partial charge is 0.339 e. The molecule has 0 fully saturated rings. The third-order valence-corrected chi connectivity index (χ3v) is 2.64. The van der Waals surface area contributed by atoms with Gasteiger partial charge in [0.15, 0.2) is 0 Å². The van der Waals surface area contributed by atoms with E-state index in [2.05, 4.69) is 0 Å². The van der Waals surface area contributed by atoms with E-state index in [0.717, 1.165) is 18.0 Å². The van der Waals surface area contributed by atoms with E-state index in [1.165, 1.54) is 11.3 Å². The molecule has 0 unspecified atom stereocenters. The van der Waals surface area contributed by atoms with Crippen LogP contribution in [-0.4, -0.2) is 23.9 Å². The van der Waals surface area contributed by atoms with Gasteiger partial charge in [-0.05, 0) is 25.3 Å². The van der Waals surface area contributed by atoms with Gasteiger partial charge in [-0.3, -0.25) is 4.79 Å². The van der Waals surface area contributed by atoms with Gasteiger partial charge in [-0.1, -0.05) is 6.07 Å². The molecule has 0 spiro atoms. The molecule has 0 saturated carbocycles. The average molecular weight is 183 g/mol. The van der Waals surface area contributed by atoms with E-state index >= 15 is 0 Å². The van der Waals surface area contributed by atoms with Gasteiger partial charge in [0.1, 0.15) is 0 Å².